The zero-order valence-corrected chi connectivity index (χ0v) is 14.1. The fourth-order valence-electron chi connectivity index (χ4n) is 0.0546. The first-order valence-electron chi connectivity index (χ1n) is 2.50. The molecule has 0 unspecified atom stereocenters. The van der Waals surface area contributed by atoms with Crippen molar-refractivity contribution < 1.29 is 9.53 Å². The van der Waals surface area contributed by atoms with Gasteiger partial charge in [0.2, 0.25) is 0 Å². The average Bonchev–Trinajstić information content (AvgIpc) is 1.83. The number of hydrogen-bond donors (Lipinski definition) is 0. The molecule has 0 aromatic heterocycles. The van der Waals surface area contributed by atoms with Crippen LogP contribution in [-0.4, -0.2) is 17.8 Å². The molecule has 0 rings (SSSR count). The number of hydrogen-bond acceptors (Lipinski definition) is 2. The van der Waals surface area contributed by atoms with Crippen molar-refractivity contribution in [3.8, 4) is 0 Å². The number of ether oxygens (including phenoxy) is 1. The Bertz CT molecular complexity index is 101. The van der Waals surface area contributed by atoms with Crippen molar-refractivity contribution in [3.05, 3.63) is 0 Å². The third-order valence-electron chi connectivity index (χ3n) is 0.337. The minimum absolute atomic E-state index is 0.241. The summed E-state index contributed by atoms with van der Waals surface area (Å²) < 4.78 is 4.62. The Morgan fingerprint density at radius 2 is 1.82 bits per heavy atom. The fourth-order valence-corrected chi connectivity index (χ4v) is 0.283. The Hall–Kier alpha value is 2.14. The molecule has 68 valence electrons. The second kappa shape index (κ2) is 8.73. The molecular formula is C5H8BrI3O2. The lowest BCUT2D eigenvalue weighted by Gasteiger charge is -1.96. The van der Waals surface area contributed by atoms with E-state index in [0.29, 0.717) is -0.565 Å². The molecule has 0 aromatic carbocycles. The minimum Gasteiger partial charge on any atom is -0.468 e. The smallest absolute Gasteiger partial charge is 0.316 e. The lowest BCUT2D eigenvalue weighted by atomic mass is 10.8. The third kappa shape index (κ3) is 33.1. The van der Waals surface area contributed by atoms with E-state index in [4.69, 9.17) is 0 Å². The van der Waals surface area contributed by atoms with Crippen LogP contribution in [0.3, 0.4) is 0 Å². The predicted molar refractivity (Wildman–Crippen MR) is 76.3 cm³/mol. The predicted octanol–water partition coefficient (Wildman–Crippen LogP) is 3.52. The summed E-state index contributed by atoms with van der Waals surface area (Å²) in [5, 5.41) is 0.281. The van der Waals surface area contributed by atoms with E-state index in [0.717, 1.165) is 0 Å². The van der Waals surface area contributed by atoms with Crippen LogP contribution in [-0.2, 0) is 9.53 Å². The topological polar surface area (TPSA) is 26.3 Å². The van der Waals surface area contributed by atoms with Crippen molar-refractivity contribution in [2.24, 2.45) is 0 Å². The molecule has 0 heterocycles. The second-order valence-corrected chi connectivity index (χ2v) is 14.7. The van der Waals surface area contributed by atoms with Gasteiger partial charge >= 0.3 is 5.97 Å². The number of alkyl halides is 4. The molecule has 0 amide bonds. The maximum Gasteiger partial charge on any atom is 0.316 e. The highest BCUT2D eigenvalue weighted by molar-refractivity contribution is 14.3. The number of carbonyl (C=O) groups is 1. The molecule has 0 atom stereocenters. The Kier molecular flexibility index (Phi) is 12.4. The van der Waals surface area contributed by atoms with Gasteiger partial charge in [0.15, 0.2) is 0 Å². The van der Waals surface area contributed by atoms with Crippen molar-refractivity contribution in [2.45, 2.75) is 6.36 Å². The van der Waals surface area contributed by atoms with Gasteiger partial charge in [0.25, 0.3) is 0 Å². The fraction of sp³-hybridized carbons (Fsp3) is 0.800. The van der Waals surface area contributed by atoms with E-state index in [9.17, 15) is 4.79 Å². The molecule has 0 aliphatic carbocycles. The normalized spacial score (nSPS) is 9.64. The monoisotopic (exact) mass is 560 g/mol. The number of esters is 1. The lowest BCUT2D eigenvalue weighted by Crippen LogP contribution is -1.99. The summed E-state index contributed by atoms with van der Waals surface area (Å²) in [7, 11) is 1.35. The molecule has 0 aliphatic rings. The molecule has 6 heteroatoms. The highest BCUT2D eigenvalue weighted by atomic mass is 127. The first kappa shape index (κ1) is 15.6. The van der Waals surface area contributed by atoms with Gasteiger partial charge in [0.05, 0.1) is 7.11 Å². The lowest BCUT2D eigenvalue weighted by molar-refractivity contribution is -0.137. The molecule has 0 aliphatic heterocycles. The average molecular weight is 561 g/mol. The molecule has 0 radical (unpaired) electrons. The van der Waals surface area contributed by atoms with Gasteiger partial charge in [-0.15, -0.1) is 0 Å². The highest BCUT2D eigenvalue weighted by Gasteiger charge is 2.04. The van der Waals surface area contributed by atoms with E-state index in [-0.39, 0.29) is 11.3 Å². The van der Waals surface area contributed by atoms with Gasteiger partial charge in [-0.05, 0) is 6.92 Å². The van der Waals surface area contributed by atoms with Gasteiger partial charge in [0, 0.05) is 0 Å². The molecule has 0 saturated carbocycles. The molecule has 0 aromatic rings. The quantitative estimate of drug-likeness (QED) is 0.279. The van der Waals surface area contributed by atoms with E-state index in [2.05, 4.69) is 95.4 Å². The Morgan fingerprint density at radius 1 is 1.55 bits per heavy atom. The van der Waals surface area contributed by atoms with Crippen molar-refractivity contribution in [1.29, 1.82) is 0 Å². The first-order valence-corrected chi connectivity index (χ1v) is 6.86. The van der Waals surface area contributed by atoms with Gasteiger partial charge in [0.1, 0.15) is 4.77 Å². The van der Waals surface area contributed by atoms with Gasteiger partial charge in [-0.3, -0.25) is 4.79 Å². The Morgan fingerprint density at radius 3 is 1.82 bits per heavy atom. The summed E-state index contributed by atoms with van der Waals surface area (Å²) in [5.41, 5.74) is 0. The number of halogens is 4. The van der Waals surface area contributed by atoms with Crippen LogP contribution >= 0.6 is 83.7 Å². The maximum atomic E-state index is 9.91. The van der Waals surface area contributed by atoms with E-state index in [1.807, 2.05) is 0 Å². The Balaban J connectivity index is 0. The van der Waals surface area contributed by atoms with Crippen molar-refractivity contribution >= 4 is 89.7 Å². The van der Waals surface area contributed by atoms with Crippen LogP contribution in [0.4, 0.5) is 0 Å². The van der Waals surface area contributed by atoms with Gasteiger partial charge in [-0.2, -0.15) is 0 Å². The van der Waals surface area contributed by atoms with Gasteiger partial charge in [-0.25, -0.2) is 0 Å². The summed E-state index contributed by atoms with van der Waals surface area (Å²) in [5.74, 6) is -0.241. The highest BCUT2D eigenvalue weighted by Crippen LogP contribution is 2.33. The van der Waals surface area contributed by atoms with Gasteiger partial charge < -0.3 is 4.74 Å². The SMILES string of the molecule is CC(I)(I)I.COC(=O)CBr. The molecular weight excluding hydrogens is 553 g/mol. The summed E-state index contributed by atoms with van der Waals surface area (Å²) in [4.78, 5) is 9.91. The summed E-state index contributed by atoms with van der Waals surface area (Å²) in [6.07, 6.45) is 0. The van der Waals surface area contributed by atoms with Crippen LogP contribution in [0.5, 0.6) is 0 Å². The summed E-state index contributed by atoms with van der Waals surface area (Å²) in [6, 6.07) is 0. The largest absolute Gasteiger partial charge is 0.468 e. The van der Waals surface area contributed by atoms with Crippen molar-refractivity contribution in [3.63, 3.8) is 0 Å². The first-order chi connectivity index (χ1) is 4.81. The maximum absolute atomic E-state index is 9.91. The molecule has 0 spiro atoms. The molecule has 0 saturated heterocycles. The van der Waals surface area contributed by atoms with Crippen LogP contribution in [0.25, 0.3) is 0 Å². The minimum atomic E-state index is -0.241. The summed E-state index contributed by atoms with van der Waals surface area (Å²) >= 11 is 9.95. The standard InChI is InChI=1S/C3H5BrO2.C2H3I3/c1-6-3(5)2-4;1-2(3,4)5/h2H2,1H3;1H3. The number of rotatable bonds is 1. The van der Waals surface area contributed by atoms with E-state index >= 15 is 0 Å². The summed E-state index contributed by atoms with van der Waals surface area (Å²) in [6.45, 7) is 2.15. The van der Waals surface area contributed by atoms with E-state index in [1.165, 1.54) is 7.11 Å². The molecule has 0 N–H and O–H groups in total. The molecule has 0 fully saturated rings. The number of carbonyl (C=O) groups excluding carboxylic acids is 1. The zero-order valence-electron chi connectivity index (χ0n) is 6.04. The van der Waals surface area contributed by atoms with Crippen LogP contribution < -0.4 is 0 Å². The van der Waals surface area contributed by atoms with Crippen molar-refractivity contribution in [1.82, 2.24) is 0 Å². The molecule has 0 bridgehead atoms. The third-order valence-corrected chi connectivity index (χ3v) is 0.795. The van der Waals surface area contributed by atoms with Crippen LogP contribution in [0.15, 0.2) is 0 Å². The zero-order chi connectivity index (χ0) is 9.49. The number of methoxy groups -OCH3 is 1. The molecule has 11 heavy (non-hydrogen) atoms. The van der Waals surface area contributed by atoms with Gasteiger partial charge in [-0.1, -0.05) is 83.7 Å². The van der Waals surface area contributed by atoms with Crippen LogP contribution in [0.1, 0.15) is 6.92 Å². The van der Waals surface area contributed by atoms with Crippen LogP contribution in [0.2, 0.25) is 0 Å². The Labute approximate surface area is 116 Å². The van der Waals surface area contributed by atoms with E-state index < -0.39 is 0 Å². The van der Waals surface area contributed by atoms with E-state index in [1.54, 1.807) is 0 Å². The second-order valence-electron chi connectivity index (χ2n) is 1.49. The van der Waals surface area contributed by atoms with Crippen molar-refractivity contribution in [2.75, 3.05) is 12.4 Å². The molecule has 2 nitrogen and oxygen atoms in total. The van der Waals surface area contributed by atoms with Crippen LogP contribution in [0, 0.1) is 0 Å².